The van der Waals surface area contributed by atoms with Gasteiger partial charge in [0.1, 0.15) is 13.2 Å². The van der Waals surface area contributed by atoms with Gasteiger partial charge in [-0.15, -0.1) is 0 Å². The molecule has 0 spiro atoms. The van der Waals surface area contributed by atoms with Gasteiger partial charge in [0, 0.05) is 19.3 Å². The van der Waals surface area contributed by atoms with E-state index in [1.165, 1.54) is 212 Å². The van der Waals surface area contributed by atoms with Crippen LogP contribution in [-0.2, 0) is 28.6 Å². The van der Waals surface area contributed by atoms with Gasteiger partial charge in [-0.2, -0.15) is 0 Å². The molecule has 0 aliphatic rings. The Morgan fingerprint density at radius 2 is 0.480 bits per heavy atom. The maximum atomic E-state index is 12.9. The normalized spacial score (nSPS) is 12.4. The zero-order valence-electron chi connectivity index (χ0n) is 50.1. The number of rotatable bonds is 60. The monoisotopic (exact) mass is 1050 g/mol. The molecule has 1 unspecified atom stereocenters. The summed E-state index contributed by atoms with van der Waals surface area (Å²) in [5.74, 6) is -0.886. The number of unbranched alkanes of at least 4 members (excludes halogenated alkanes) is 39. The van der Waals surface area contributed by atoms with E-state index in [2.05, 4.69) is 81.5 Å². The van der Waals surface area contributed by atoms with Crippen molar-refractivity contribution in [3.63, 3.8) is 0 Å². The molecule has 0 N–H and O–H groups in total. The molecule has 0 saturated heterocycles. The highest BCUT2D eigenvalue weighted by Crippen LogP contribution is 2.17. The van der Waals surface area contributed by atoms with Crippen molar-refractivity contribution in [3.8, 4) is 0 Å². The molecule has 1 atom stereocenters. The van der Waals surface area contributed by atoms with Crippen molar-refractivity contribution in [2.45, 2.75) is 348 Å². The first-order chi connectivity index (χ1) is 37.0. The van der Waals surface area contributed by atoms with E-state index in [1.54, 1.807) is 0 Å². The van der Waals surface area contributed by atoms with E-state index in [1.807, 2.05) is 0 Å². The molecular formula is C69H124O6. The fourth-order valence-electron chi connectivity index (χ4n) is 9.50. The Bertz CT molecular complexity index is 1340. The lowest BCUT2D eigenvalue weighted by Crippen LogP contribution is -2.30. The quantitative estimate of drug-likeness (QED) is 0.0261. The highest BCUT2D eigenvalue weighted by atomic mass is 16.6. The summed E-state index contributed by atoms with van der Waals surface area (Å²) in [6.07, 6.45) is 80.9. The topological polar surface area (TPSA) is 78.9 Å². The van der Waals surface area contributed by atoms with E-state index in [4.69, 9.17) is 14.2 Å². The van der Waals surface area contributed by atoms with Crippen LogP contribution in [0, 0.1) is 0 Å². The molecule has 6 heteroatoms. The molecule has 0 aliphatic heterocycles. The molecule has 0 aromatic carbocycles. The zero-order valence-corrected chi connectivity index (χ0v) is 50.1. The van der Waals surface area contributed by atoms with Crippen LogP contribution in [0.3, 0.4) is 0 Å². The van der Waals surface area contributed by atoms with Crippen LogP contribution in [0.1, 0.15) is 342 Å². The van der Waals surface area contributed by atoms with Crippen molar-refractivity contribution in [1.29, 1.82) is 0 Å². The predicted octanol–water partition coefficient (Wildman–Crippen LogP) is 22.3. The lowest BCUT2D eigenvalue weighted by Gasteiger charge is -2.18. The number of carbonyl (C=O) groups excluding carboxylic acids is 3. The van der Waals surface area contributed by atoms with Crippen LogP contribution in [0.4, 0.5) is 0 Å². The van der Waals surface area contributed by atoms with E-state index in [0.717, 1.165) is 89.9 Å². The van der Waals surface area contributed by atoms with E-state index >= 15 is 0 Å². The highest BCUT2D eigenvalue weighted by molar-refractivity contribution is 5.71. The standard InChI is InChI=1S/C69H124O6/c1-4-7-10-13-16-19-22-25-27-29-31-32-33-34-35-36-38-39-41-44-47-50-53-56-59-62-68(71)74-65-66(64-73-67(70)61-58-55-52-49-46-43-24-21-18-15-12-9-6-3)75-69(72)63-60-57-54-51-48-45-42-40-37-30-28-26-23-20-17-14-11-8-5-2/h17,20-21,24,26,28-29,31,37,40,66H,4-16,18-19,22-23,25,27,30,32-36,38-39,41-65H2,1-3H3/b20-17-,24-21-,28-26-,31-29-,40-37-. The molecule has 0 bridgehead atoms. The Balaban J connectivity index is 4.29. The summed E-state index contributed by atoms with van der Waals surface area (Å²) in [7, 11) is 0. The lowest BCUT2D eigenvalue weighted by molar-refractivity contribution is -0.167. The first kappa shape index (κ1) is 72.1. The van der Waals surface area contributed by atoms with Gasteiger partial charge in [0.15, 0.2) is 6.10 Å². The van der Waals surface area contributed by atoms with Crippen molar-refractivity contribution < 1.29 is 28.6 Å². The van der Waals surface area contributed by atoms with Crippen LogP contribution in [0.5, 0.6) is 0 Å². The number of allylic oxidation sites excluding steroid dienone is 10. The summed E-state index contributed by atoms with van der Waals surface area (Å²) in [5, 5.41) is 0. The van der Waals surface area contributed by atoms with Gasteiger partial charge in [-0.1, -0.05) is 274 Å². The van der Waals surface area contributed by atoms with Gasteiger partial charge in [0.05, 0.1) is 0 Å². The smallest absolute Gasteiger partial charge is 0.306 e. The van der Waals surface area contributed by atoms with Crippen LogP contribution < -0.4 is 0 Å². The summed E-state index contributed by atoms with van der Waals surface area (Å²) < 4.78 is 16.9. The Hall–Kier alpha value is -2.89. The van der Waals surface area contributed by atoms with Crippen LogP contribution >= 0.6 is 0 Å². The van der Waals surface area contributed by atoms with Gasteiger partial charge in [-0.05, 0) is 109 Å². The Morgan fingerprint density at radius 1 is 0.267 bits per heavy atom. The lowest BCUT2D eigenvalue weighted by atomic mass is 10.0. The van der Waals surface area contributed by atoms with Crippen LogP contribution in [-0.4, -0.2) is 37.2 Å². The molecule has 0 rings (SSSR count). The second kappa shape index (κ2) is 63.6. The predicted molar refractivity (Wildman–Crippen MR) is 325 cm³/mol. The zero-order chi connectivity index (χ0) is 54.3. The SMILES string of the molecule is CCCCC/C=C\C/C=C\C/C=C\CCCCCCCCC(=O)OC(COC(=O)CCCCCCC/C=C\CCCCCC)COC(=O)CCCCCCCCCCCCCCC/C=C\CCCCCCCCCC. The molecule has 0 amide bonds. The Kier molecular flexibility index (Phi) is 61.2. The molecule has 0 saturated carbocycles. The molecule has 0 aromatic heterocycles. The van der Waals surface area contributed by atoms with E-state index in [0.29, 0.717) is 19.3 Å². The first-order valence-electron chi connectivity index (χ1n) is 32.8. The maximum absolute atomic E-state index is 12.9. The van der Waals surface area contributed by atoms with Crippen LogP contribution in [0.25, 0.3) is 0 Å². The van der Waals surface area contributed by atoms with Gasteiger partial charge in [0.25, 0.3) is 0 Å². The molecule has 0 heterocycles. The minimum Gasteiger partial charge on any atom is -0.462 e. The number of hydrogen-bond donors (Lipinski definition) is 0. The minimum atomic E-state index is -0.785. The van der Waals surface area contributed by atoms with Crippen LogP contribution in [0.15, 0.2) is 60.8 Å². The van der Waals surface area contributed by atoms with Gasteiger partial charge in [-0.25, -0.2) is 0 Å². The van der Waals surface area contributed by atoms with Crippen molar-refractivity contribution in [2.24, 2.45) is 0 Å². The van der Waals surface area contributed by atoms with Gasteiger partial charge in [0.2, 0.25) is 0 Å². The van der Waals surface area contributed by atoms with Gasteiger partial charge in [-0.3, -0.25) is 14.4 Å². The Morgan fingerprint density at radius 3 is 0.800 bits per heavy atom. The number of hydrogen-bond acceptors (Lipinski definition) is 6. The Labute approximate surface area is 466 Å². The third-order valence-corrected chi connectivity index (χ3v) is 14.5. The molecule has 436 valence electrons. The first-order valence-corrected chi connectivity index (χ1v) is 32.8. The molecular weight excluding hydrogens is 925 g/mol. The van der Waals surface area contributed by atoms with Gasteiger partial charge < -0.3 is 14.2 Å². The van der Waals surface area contributed by atoms with E-state index in [9.17, 15) is 14.4 Å². The third-order valence-electron chi connectivity index (χ3n) is 14.5. The average molecular weight is 1050 g/mol. The fraction of sp³-hybridized carbons (Fsp3) is 0.812. The van der Waals surface area contributed by atoms with Crippen molar-refractivity contribution in [2.75, 3.05) is 13.2 Å². The molecule has 0 aromatic rings. The molecule has 0 aliphatic carbocycles. The molecule has 75 heavy (non-hydrogen) atoms. The van der Waals surface area contributed by atoms with Gasteiger partial charge >= 0.3 is 17.9 Å². The third kappa shape index (κ3) is 61.8. The summed E-state index contributed by atoms with van der Waals surface area (Å²) in [6, 6.07) is 0. The fourth-order valence-corrected chi connectivity index (χ4v) is 9.50. The number of esters is 3. The second-order valence-electron chi connectivity index (χ2n) is 22.0. The largest absolute Gasteiger partial charge is 0.462 e. The maximum Gasteiger partial charge on any atom is 0.306 e. The molecule has 0 radical (unpaired) electrons. The summed E-state index contributed by atoms with van der Waals surface area (Å²) in [6.45, 7) is 6.62. The average Bonchev–Trinajstić information content (AvgIpc) is 3.41. The molecule has 6 nitrogen and oxygen atoms in total. The number of ether oxygens (including phenoxy) is 3. The summed E-state index contributed by atoms with van der Waals surface area (Å²) >= 11 is 0. The second-order valence-corrected chi connectivity index (χ2v) is 22.0. The minimum absolute atomic E-state index is 0.0803. The summed E-state index contributed by atoms with van der Waals surface area (Å²) in [4.78, 5) is 38.3. The molecule has 0 fully saturated rings. The van der Waals surface area contributed by atoms with Crippen molar-refractivity contribution in [3.05, 3.63) is 60.8 Å². The highest BCUT2D eigenvalue weighted by Gasteiger charge is 2.19. The summed E-state index contributed by atoms with van der Waals surface area (Å²) in [5.41, 5.74) is 0. The van der Waals surface area contributed by atoms with E-state index < -0.39 is 6.10 Å². The van der Waals surface area contributed by atoms with E-state index in [-0.39, 0.29) is 31.1 Å². The van der Waals surface area contributed by atoms with Crippen molar-refractivity contribution >= 4 is 17.9 Å². The van der Waals surface area contributed by atoms with Crippen LogP contribution in [0.2, 0.25) is 0 Å². The van der Waals surface area contributed by atoms with Crippen molar-refractivity contribution in [1.82, 2.24) is 0 Å². The number of carbonyl (C=O) groups is 3.